The van der Waals surface area contributed by atoms with Gasteiger partial charge in [0.25, 0.3) is 0 Å². The molecule has 0 saturated carbocycles. The van der Waals surface area contributed by atoms with Crippen molar-refractivity contribution in [1.29, 1.82) is 0 Å². The molecule has 0 aromatic heterocycles. The fourth-order valence-corrected chi connectivity index (χ4v) is 1.67. The average Bonchev–Trinajstić information content (AvgIpc) is 2.20. The van der Waals surface area contributed by atoms with E-state index in [1.807, 2.05) is 32.0 Å². The normalized spacial score (nSPS) is 12.8. The van der Waals surface area contributed by atoms with Gasteiger partial charge in [0.05, 0.1) is 0 Å². The summed E-state index contributed by atoms with van der Waals surface area (Å²) in [7, 11) is 0. The zero-order valence-corrected chi connectivity index (χ0v) is 10.2. The zero-order chi connectivity index (χ0) is 12.1. The molecule has 3 nitrogen and oxygen atoms in total. The third-order valence-electron chi connectivity index (χ3n) is 2.40. The zero-order valence-electron chi connectivity index (χ0n) is 9.40. The van der Waals surface area contributed by atoms with Crippen molar-refractivity contribution in [3.8, 4) is 0 Å². The Hall–Kier alpha value is -1.06. The van der Waals surface area contributed by atoms with E-state index in [4.69, 9.17) is 16.7 Å². The molecular formula is C12H16ClNO2. The predicted molar refractivity (Wildman–Crippen MR) is 64.6 cm³/mol. The van der Waals surface area contributed by atoms with Crippen LogP contribution in [0.1, 0.15) is 19.4 Å². The molecule has 88 valence electrons. The van der Waals surface area contributed by atoms with E-state index in [1.165, 1.54) is 0 Å². The molecule has 1 atom stereocenters. The molecule has 1 rings (SSSR count). The van der Waals surface area contributed by atoms with E-state index in [0.717, 1.165) is 5.56 Å². The lowest BCUT2D eigenvalue weighted by atomic mass is 10.0. The van der Waals surface area contributed by atoms with Crippen molar-refractivity contribution in [2.45, 2.75) is 26.4 Å². The van der Waals surface area contributed by atoms with Crippen LogP contribution < -0.4 is 5.32 Å². The molecule has 4 heteroatoms. The van der Waals surface area contributed by atoms with Crippen molar-refractivity contribution in [2.24, 2.45) is 5.92 Å². The van der Waals surface area contributed by atoms with Gasteiger partial charge in [-0.3, -0.25) is 4.79 Å². The molecule has 16 heavy (non-hydrogen) atoms. The largest absolute Gasteiger partial charge is 0.480 e. The van der Waals surface area contributed by atoms with Crippen molar-refractivity contribution < 1.29 is 9.90 Å². The molecule has 0 aliphatic rings. The molecule has 0 unspecified atom stereocenters. The number of carboxylic acids is 1. The van der Waals surface area contributed by atoms with Crippen molar-refractivity contribution >= 4 is 17.6 Å². The minimum Gasteiger partial charge on any atom is -0.480 e. The highest BCUT2D eigenvalue weighted by Crippen LogP contribution is 2.15. The summed E-state index contributed by atoms with van der Waals surface area (Å²) in [6, 6.07) is 6.87. The van der Waals surface area contributed by atoms with Crippen LogP contribution in [-0.2, 0) is 11.3 Å². The molecule has 0 heterocycles. The summed E-state index contributed by atoms with van der Waals surface area (Å²) in [5.41, 5.74) is 0.913. The molecule has 0 spiro atoms. The molecular weight excluding hydrogens is 226 g/mol. The Labute approximate surface area is 100 Å². The van der Waals surface area contributed by atoms with Crippen LogP contribution in [-0.4, -0.2) is 17.1 Å². The van der Waals surface area contributed by atoms with Gasteiger partial charge in [0, 0.05) is 11.6 Å². The predicted octanol–water partition coefficient (Wildman–Crippen LogP) is 2.54. The van der Waals surface area contributed by atoms with Gasteiger partial charge in [-0.15, -0.1) is 0 Å². The van der Waals surface area contributed by atoms with E-state index in [1.54, 1.807) is 6.07 Å². The lowest BCUT2D eigenvalue weighted by Crippen LogP contribution is -2.40. The maximum absolute atomic E-state index is 11.0. The monoisotopic (exact) mass is 241 g/mol. The van der Waals surface area contributed by atoms with Crippen molar-refractivity contribution in [2.75, 3.05) is 0 Å². The summed E-state index contributed by atoms with van der Waals surface area (Å²) in [6.45, 7) is 4.21. The maximum atomic E-state index is 11.0. The molecule has 0 saturated heterocycles. The molecule has 0 amide bonds. The molecule has 0 radical (unpaired) electrons. The first-order valence-electron chi connectivity index (χ1n) is 5.22. The van der Waals surface area contributed by atoms with E-state index in [0.29, 0.717) is 11.6 Å². The van der Waals surface area contributed by atoms with E-state index >= 15 is 0 Å². The van der Waals surface area contributed by atoms with Crippen LogP contribution in [0, 0.1) is 5.92 Å². The van der Waals surface area contributed by atoms with Gasteiger partial charge in [-0.2, -0.15) is 0 Å². The van der Waals surface area contributed by atoms with Gasteiger partial charge in [0.2, 0.25) is 0 Å². The van der Waals surface area contributed by atoms with E-state index in [9.17, 15) is 4.79 Å². The van der Waals surface area contributed by atoms with E-state index in [2.05, 4.69) is 5.32 Å². The molecule has 0 aliphatic carbocycles. The Balaban J connectivity index is 2.63. The number of carboxylic acid groups (broad SMARTS) is 1. The second-order valence-corrected chi connectivity index (χ2v) is 4.44. The van der Waals surface area contributed by atoms with Crippen molar-refractivity contribution in [1.82, 2.24) is 5.32 Å². The molecule has 0 aliphatic heterocycles. The fourth-order valence-electron chi connectivity index (χ4n) is 1.47. The molecule has 2 N–H and O–H groups in total. The summed E-state index contributed by atoms with van der Waals surface area (Å²) >= 11 is 5.98. The Kier molecular flexibility index (Phi) is 4.77. The minimum atomic E-state index is -0.831. The average molecular weight is 242 g/mol. The third kappa shape index (κ3) is 3.51. The minimum absolute atomic E-state index is 0.0417. The number of aliphatic carboxylic acids is 1. The summed E-state index contributed by atoms with van der Waals surface area (Å²) in [5, 5.41) is 12.6. The number of carbonyl (C=O) groups is 1. The van der Waals surface area contributed by atoms with Crippen molar-refractivity contribution in [3.63, 3.8) is 0 Å². The second-order valence-electron chi connectivity index (χ2n) is 4.03. The lowest BCUT2D eigenvalue weighted by Gasteiger charge is -2.18. The highest BCUT2D eigenvalue weighted by molar-refractivity contribution is 6.31. The van der Waals surface area contributed by atoms with Gasteiger partial charge < -0.3 is 10.4 Å². The van der Waals surface area contributed by atoms with Crippen LogP contribution in [0.25, 0.3) is 0 Å². The van der Waals surface area contributed by atoms with Crippen LogP contribution in [0.15, 0.2) is 24.3 Å². The first kappa shape index (κ1) is 13.0. The van der Waals surface area contributed by atoms with Crippen LogP contribution in [0.4, 0.5) is 0 Å². The van der Waals surface area contributed by atoms with Gasteiger partial charge in [-0.1, -0.05) is 43.6 Å². The van der Waals surface area contributed by atoms with Crippen LogP contribution >= 0.6 is 11.6 Å². The van der Waals surface area contributed by atoms with Gasteiger partial charge in [-0.05, 0) is 17.5 Å². The van der Waals surface area contributed by atoms with Gasteiger partial charge >= 0.3 is 5.97 Å². The summed E-state index contributed by atoms with van der Waals surface area (Å²) < 4.78 is 0. The number of hydrogen-bond donors (Lipinski definition) is 2. The van der Waals surface area contributed by atoms with Gasteiger partial charge in [0.1, 0.15) is 6.04 Å². The Morgan fingerprint density at radius 1 is 1.44 bits per heavy atom. The molecule has 1 aromatic rings. The lowest BCUT2D eigenvalue weighted by molar-refractivity contribution is -0.140. The first-order chi connectivity index (χ1) is 7.52. The quantitative estimate of drug-likeness (QED) is 0.833. The second kappa shape index (κ2) is 5.87. The summed E-state index contributed by atoms with van der Waals surface area (Å²) in [6.07, 6.45) is 0. The third-order valence-corrected chi connectivity index (χ3v) is 2.77. The Morgan fingerprint density at radius 3 is 2.56 bits per heavy atom. The number of nitrogens with one attached hydrogen (secondary N) is 1. The van der Waals surface area contributed by atoms with E-state index in [-0.39, 0.29) is 5.92 Å². The highest BCUT2D eigenvalue weighted by atomic mass is 35.5. The first-order valence-corrected chi connectivity index (χ1v) is 5.59. The number of rotatable bonds is 5. The maximum Gasteiger partial charge on any atom is 0.320 e. The SMILES string of the molecule is CC(C)[C@H](NCc1ccccc1Cl)C(=O)O. The van der Waals surface area contributed by atoms with Crippen LogP contribution in [0.5, 0.6) is 0 Å². The van der Waals surface area contributed by atoms with Crippen LogP contribution in [0.2, 0.25) is 5.02 Å². The smallest absolute Gasteiger partial charge is 0.320 e. The summed E-state index contributed by atoms with van der Waals surface area (Å²) in [4.78, 5) is 11.0. The Bertz CT molecular complexity index is 366. The summed E-state index contributed by atoms with van der Waals surface area (Å²) in [5.74, 6) is -0.790. The van der Waals surface area contributed by atoms with Crippen molar-refractivity contribution in [3.05, 3.63) is 34.9 Å². The van der Waals surface area contributed by atoms with Gasteiger partial charge in [0.15, 0.2) is 0 Å². The Morgan fingerprint density at radius 2 is 2.06 bits per heavy atom. The molecule has 0 fully saturated rings. The van der Waals surface area contributed by atoms with Gasteiger partial charge in [-0.25, -0.2) is 0 Å². The standard InChI is InChI=1S/C12H16ClNO2/c1-8(2)11(12(15)16)14-7-9-5-3-4-6-10(9)13/h3-6,8,11,14H,7H2,1-2H3,(H,15,16)/t11-/m0/s1. The molecule has 0 bridgehead atoms. The highest BCUT2D eigenvalue weighted by Gasteiger charge is 2.20. The fraction of sp³-hybridized carbons (Fsp3) is 0.417. The number of hydrogen-bond acceptors (Lipinski definition) is 2. The van der Waals surface area contributed by atoms with E-state index < -0.39 is 12.0 Å². The topological polar surface area (TPSA) is 49.3 Å². The van der Waals surface area contributed by atoms with Crippen LogP contribution in [0.3, 0.4) is 0 Å². The number of halogens is 1. The molecule has 1 aromatic carbocycles. The number of benzene rings is 1.